The predicted molar refractivity (Wildman–Crippen MR) is 55.9 cm³/mol. The molecule has 14 heavy (non-hydrogen) atoms. The molecule has 0 aromatic carbocycles. The molecular weight excluding hydrogens is 176 g/mol. The molecule has 0 spiro atoms. The molecular formula is C12H20O2. The van der Waals surface area contributed by atoms with Gasteiger partial charge in [0.25, 0.3) is 0 Å². The van der Waals surface area contributed by atoms with Crippen LogP contribution in [0.2, 0.25) is 0 Å². The third-order valence-corrected chi connectivity index (χ3v) is 3.52. The molecule has 0 aromatic rings. The first-order chi connectivity index (χ1) is 6.68. The first kappa shape index (κ1) is 10.2. The largest absolute Gasteiger partial charge is 0.347 e. The van der Waals surface area contributed by atoms with Crippen molar-refractivity contribution in [1.29, 1.82) is 0 Å². The van der Waals surface area contributed by atoms with Crippen LogP contribution < -0.4 is 0 Å². The maximum atomic E-state index is 5.83. The van der Waals surface area contributed by atoms with E-state index in [1.165, 1.54) is 0 Å². The van der Waals surface area contributed by atoms with E-state index in [1.54, 1.807) is 0 Å². The van der Waals surface area contributed by atoms with Gasteiger partial charge in [-0.2, -0.15) is 0 Å². The molecule has 0 bridgehead atoms. The Labute approximate surface area is 86.3 Å². The van der Waals surface area contributed by atoms with Crippen LogP contribution in [0, 0.1) is 11.8 Å². The highest BCUT2D eigenvalue weighted by Gasteiger charge is 2.37. The van der Waals surface area contributed by atoms with E-state index in [0.717, 1.165) is 12.8 Å². The summed E-state index contributed by atoms with van der Waals surface area (Å²) in [6.07, 6.45) is 7.31. The summed E-state index contributed by atoms with van der Waals surface area (Å²) < 4.78 is 11.7. The van der Waals surface area contributed by atoms with Gasteiger partial charge in [-0.3, -0.25) is 0 Å². The Morgan fingerprint density at radius 3 is 2.07 bits per heavy atom. The average Bonchev–Trinajstić information content (AvgIpc) is 2.48. The van der Waals surface area contributed by atoms with Crippen molar-refractivity contribution < 1.29 is 9.47 Å². The highest BCUT2D eigenvalue weighted by atomic mass is 16.7. The Bertz CT molecular complexity index is 214. The highest BCUT2D eigenvalue weighted by Crippen LogP contribution is 2.34. The number of ether oxygens (including phenoxy) is 2. The summed E-state index contributed by atoms with van der Waals surface area (Å²) >= 11 is 0. The van der Waals surface area contributed by atoms with Gasteiger partial charge in [0.05, 0.1) is 12.2 Å². The van der Waals surface area contributed by atoms with Crippen LogP contribution in [0.1, 0.15) is 33.6 Å². The van der Waals surface area contributed by atoms with Gasteiger partial charge in [0, 0.05) is 5.92 Å². The maximum absolute atomic E-state index is 5.83. The molecule has 5 atom stereocenters. The molecule has 80 valence electrons. The highest BCUT2D eigenvalue weighted by molar-refractivity contribution is 4.95. The number of rotatable bonds is 1. The molecule has 2 nitrogen and oxygen atoms in total. The Kier molecular flexibility index (Phi) is 2.93. The van der Waals surface area contributed by atoms with E-state index in [2.05, 4.69) is 32.9 Å². The molecule has 0 N–H and O–H groups in total. The fourth-order valence-corrected chi connectivity index (χ4v) is 2.23. The second kappa shape index (κ2) is 4.03. The quantitative estimate of drug-likeness (QED) is 0.600. The van der Waals surface area contributed by atoms with E-state index in [-0.39, 0.29) is 18.5 Å². The van der Waals surface area contributed by atoms with Crippen LogP contribution in [0.3, 0.4) is 0 Å². The zero-order valence-corrected chi connectivity index (χ0v) is 9.27. The first-order valence-electron chi connectivity index (χ1n) is 5.64. The number of allylic oxidation sites excluding steroid dienone is 2. The molecule has 0 saturated carbocycles. The van der Waals surface area contributed by atoms with E-state index >= 15 is 0 Å². The summed E-state index contributed by atoms with van der Waals surface area (Å²) in [7, 11) is 0. The van der Waals surface area contributed by atoms with E-state index in [0.29, 0.717) is 11.8 Å². The molecule has 1 unspecified atom stereocenters. The van der Waals surface area contributed by atoms with Gasteiger partial charge in [0.2, 0.25) is 0 Å². The van der Waals surface area contributed by atoms with Crippen LogP contribution in [0.4, 0.5) is 0 Å². The van der Waals surface area contributed by atoms with Crippen LogP contribution in [0.5, 0.6) is 0 Å². The Balaban J connectivity index is 1.98. The Morgan fingerprint density at radius 1 is 0.929 bits per heavy atom. The lowest BCUT2D eigenvalue weighted by atomic mass is 9.84. The molecule has 2 rings (SSSR count). The molecule has 1 heterocycles. The summed E-state index contributed by atoms with van der Waals surface area (Å²) in [6, 6.07) is 0. The zero-order chi connectivity index (χ0) is 10.1. The fraction of sp³-hybridized carbons (Fsp3) is 0.833. The van der Waals surface area contributed by atoms with Crippen molar-refractivity contribution in [2.24, 2.45) is 11.8 Å². The topological polar surface area (TPSA) is 18.5 Å². The second-order valence-corrected chi connectivity index (χ2v) is 4.63. The van der Waals surface area contributed by atoms with Crippen LogP contribution in [0.25, 0.3) is 0 Å². The normalized spacial score (nSPS) is 48.4. The molecule has 1 aliphatic carbocycles. The predicted octanol–water partition coefficient (Wildman–Crippen LogP) is 2.74. The lowest BCUT2D eigenvalue weighted by Gasteiger charge is -2.29. The molecule has 2 heteroatoms. The summed E-state index contributed by atoms with van der Waals surface area (Å²) in [4.78, 5) is 0. The van der Waals surface area contributed by atoms with Crippen LogP contribution in [0.15, 0.2) is 12.2 Å². The van der Waals surface area contributed by atoms with Crippen LogP contribution in [-0.4, -0.2) is 18.5 Å². The van der Waals surface area contributed by atoms with Gasteiger partial charge in [0.15, 0.2) is 6.29 Å². The van der Waals surface area contributed by atoms with Crippen LogP contribution in [-0.2, 0) is 9.47 Å². The number of hydrogen-bond donors (Lipinski definition) is 0. The summed E-state index contributed by atoms with van der Waals surface area (Å²) in [5.74, 6) is 1.23. The SMILES string of the molecule is C[C@@H]1CC=CC[C@H]1C1O[C@@H](C)[C@@H](C)O1. The maximum Gasteiger partial charge on any atom is 0.161 e. The molecule has 1 aliphatic heterocycles. The van der Waals surface area contributed by atoms with Crippen molar-refractivity contribution >= 4 is 0 Å². The smallest absolute Gasteiger partial charge is 0.161 e. The summed E-state index contributed by atoms with van der Waals surface area (Å²) in [6.45, 7) is 6.47. The first-order valence-corrected chi connectivity index (χ1v) is 5.64. The van der Waals surface area contributed by atoms with Crippen LogP contribution >= 0.6 is 0 Å². The van der Waals surface area contributed by atoms with E-state index < -0.39 is 0 Å². The Hall–Kier alpha value is -0.340. The van der Waals surface area contributed by atoms with E-state index in [4.69, 9.17) is 9.47 Å². The van der Waals surface area contributed by atoms with Gasteiger partial charge < -0.3 is 9.47 Å². The van der Waals surface area contributed by atoms with Crippen molar-refractivity contribution in [1.82, 2.24) is 0 Å². The molecule has 1 fully saturated rings. The van der Waals surface area contributed by atoms with Gasteiger partial charge in [0.1, 0.15) is 0 Å². The van der Waals surface area contributed by atoms with Crippen molar-refractivity contribution in [3.8, 4) is 0 Å². The molecule has 1 saturated heterocycles. The lowest BCUT2D eigenvalue weighted by molar-refractivity contribution is -0.114. The van der Waals surface area contributed by atoms with Gasteiger partial charge in [-0.15, -0.1) is 0 Å². The summed E-state index contributed by atoms with van der Waals surface area (Å²) in [5.41, 5.74) is 0. The van der Waals surface area contributed by atoms with E-state index in [9.17, 15) is 0 Å². The third kappa shape index (κ3) is 1.86. The van der Waals surface area contributed by atoms with Crippen molar-refractivity contribution in [2.75, 3.05) is 0 Å². The zero-order valence-electron chi connectivity index (χ0n) is 9.27. The van der Waals surface area contributed by atoms with Gasteiger partial charge in [-0.05, 0) is 32.6 Å². The second-order valence-electron chi connectivity index (χ2n) is 4.63. The third-order valence-electron chi connectivity index (χ3n) is 3.52. The van der Waals surface area contributed by atoms with Crippen molar-refractivity contribution in [2.45, 2.75) is 52.1 Å². The molecule has 0 amide bonds. The van der Waals surface area contributed by atoms with Gasteiger partial charge in [-0.1, -0.05) is 19.1 Å². The minimum absolute atomic E-state index is 0.0277. The lowest BCUT2D eigenvalue weighted by Crippen LogP contribution is -2.29. The van der Waals surface area contributed by atoms with Crippen molar-refractivity contribution in [3.05, 3.63) is 12.2 Å². The fourth-order valence-electron chi connectivity index (χ4n) is 2.23. The standard InChI is InChI=1S/C12H20O2/c1-8-6-4-5-7-11(8)12-13-9(2)10(3)14-12/h4-5,8-12H,6-7H2,1-3H3/t8-,9-,10+,11-,12?/m1/s1. The minimum Gasteiger partial charge on any atom is -0.347 e. The van der Waals surface area contributed by atoms with E-state index in [1.807, 2.05) is 0 Å². The molecule has 2 aliphatic rings. The van der Waals surface area contributed by atoms with Gasteiger partial charge in [-0.25, -0.2) is 0 Å². The number of hydrogen-bond acceptors (Lipinski definition) is 2. The average molecular weight is 196 g/mol. The Morgan fingerprint density at radius 2 is 1.50 bits per heavy atom. The van der Waals surface area contributed by atoms with Crippen molar-refractivity contribution in [3.63, 3.8) is 0 Å². The monoisotopic (exact) mass is 196 g/mol. The summed E-state index contributed by atoms with van der Waals surface area (Å²) in [5, 5.41) is 0. The molecule has 0 aromatic heterocycles. The minimum atomic E-state index is 0.0277. The van der Waals surface area contributed by atoms with Gasteiger partial charge >= 0.3 is 0 Å². The molecule has 0 radical (unpaired) electrons.